The lowest BCUT2D eigenvalue weighted by Gasteiger charge is -2.32. The normalized spacial score (nSPS) is 21.5. The van der Waals surface area contributed by atoms with E-state index in [1.165, 1.54) is 0 Å². The summed E-state index contributed by atoms with van der Waals surface area (Å²) in [4.78, 5) is 25.9. The van der Waals surface area contributed by atoms with Crippen molar-refractivity contribution >= 4 is 23.4 Å². The lowest BCUT2D eigenvalue weighted by molar-refractivity contribution is -0.144. The van der Waals surface area contributed by atoms with Gasteiger partial charge in [-0.1, -0.05) is 11.6 Å². The van der Waals surface area contributed by atoms with Crippen LogP contribution in [0.5, 0.6) is 0 Å². The van der Waals surface area contributed by atoms with Crippen LogP contribution < -0.4 is 0 Å². The smallest absolute Gasteiger partial charge is 0.310 e. The van der Waals surface area contributed by atoms with Gasteiger partial charge in [0.05, 0.1) is 5.41 Å². The van der Waals surface area contributed by atoms with Gasteiger partial charge >= 0.3 is 5.97 Å². The van der Waals surface area contributed by atoms with Crippen LogP contribution in [0.1, 0.15) is 36.0 Å². The predicted molar refractivity (Wildman–Crippen MR) is 84.2 cm³/mol. The molecular weight excluding hydrogens is 302 g/mol. The summed E-state index contributed by atoms with van der Waals surface area (Å²) in [5, 5.41) is 9.89. The molecule has 1 N–H and O–H groups in total. The summed E-state index contributed by atoms with van der Waals surface area (Å²) in [5.74, 6) is -0.458. The summed E-state index contributed by atoms with van der Waals surface area (Å²) in [6, 6.07) is 7.04. The van der Waals surface area contributed by atoms with E-state index in [2.05, 4.69) is 4.90 Å². The number of aliphatic carboxylic acids is 1. The summed E-state index contributed by atoms with van der Waals surface area (Å²) in [6.45, 7) is 2.24. The minimum absolute atomic E-state index is 0.0393. The third-order valence-electron chi connectivity index (χ3n) is 4.92. The lowest BCUT2D eigenvalue weighted by Crippen LogP contribution is -2.41. The molecule has 5 heteroatoms. The predicted octanol–water partition coefficient (Wildman–Crippen LogP) is 3.10. The Bertz CT molecular complexity index is 572. The van der Waals surface area contributed by atoms with Crippen LogP contribution in [-0.2, 0) is 4.79 Å². The molecular formula is C17H20ClNO3. The number of carbonyl (C=O) groups is 2. The SMILES string of the molecule is O=C(c1ccc(Cl)cc1)C1CCN(CC2(C(=O)O)CC2)CC1. The topological polar surface area (TPSA) is 57.6 Å². The number of carboxylic acid groups (broad SMARTS) is 1. The van der Waals surface area contributed by atoms with Gasteiger partial charge in [0, 0.05) is 23.0 Å². The Morgan fingerprint density at radius 2 is 1.77 bits per heavy atom. The van der Waals surface area contributed by atoms with Crippen molar-refractivity contribution in [1.82, 2.24) is 4.90 Å². The number of nitrogens with zero attached hydrogens (tertiary/aromatic N) is 1. The number of ketones is 1. The van der Waals surface area contributed by atoms with E-state index >= 15 is 0 Å². The molecule has 0 aromatic heterocycles. The molecule has 22 heavy (non-hydrogen) atoms. The van der Waals surface area contributed by atoms with Crippen molar-refractivity contribution in [3.8, 4) is 0 Å². The van der Waals surface area contributed by atoms with E-state index in [0.29, 0.717) is 17.1 Å². The van der Waals surface area contributed by atoms with E-state index in [-0.39, 0.29) is 11.7 Å². The first-order valence-corrected chi connectivity index (χ1v) is 8.13. The highest BCUT2D eigenvalue weighted by Gasteiger charge is 2.51. The first-order chi connectivity index (χ1) is 10.5. The molecule has 2 aliphatic rings. The summed E-state index contributed by atoms with van der Waals surface area (Å²) in [7, 11) is 0. The Balaban J connectivity index is 1.54. The second-order valence-electron chi connectivity index (χ2n) is 6.51. The van der Waals surface area contributed by atoms with Crippen molar-refractivity contribution in [2.45, 2.75) is 25.7 Å². The standard InChI is InChI=1S/C17H20ClNO3/c18-14-3-1-12(2-4-14)15(20)13-5-9-19(10-6-13)11-17(7-8-17)16(21)22/h1-4,13H,5-11H2,(H,21,22). The fourth-order valence-electron chi connectivity index (χ4n) is 3.22. The summed E-state index contributed by atoms with van der Waals surface area (Å²) in [5.41, 5.74) is 0.208. The third-order valence-corrected chi connectivity index (χ3v) is 5.17. The molecule has 4 nitrogen and oxygen atoms in total. The van der Waals surface area contributed by atoms with Gasteiger partial charge in [0.25, 0.3) is 0 Å². The van der Waals surface area contributed by atoms with E-state index < -0.39 is 11.4 Å². The van der Waals surface area contributed by atoms with Crippen LogP contribution in [0.2, 0.25) is 5.02 Å². The van der Waals surface area contributed by atoms with Gasteiger partial charge in [-0.2, -0.15) is 0 Å². The first-order valence-electron chi connectivity index (χ1n) is 7.76. The number of carboxylic acids is 1. The number of Topliss-reactive ketones (excluding diaryl/α,β-unsaturated/α-hetero) is 1. The summed E-state index contributed by atoms with van der Waals surface area (Å²) < 4.78 is 0. The maximum Gasteiger partial charge on any atom is 0.310 e. The number of carbonyl (C=O) groups excluding carboxylic acids is 1. The second kappa shape index (κ2) is 6.01. The van der Waals surface area contributed by atoms with Crippen molar-refractivity contribution < 1.29 is 14.7 Å². The van der Waals surface area contributed by atoms with Crippen molar-refractivity contribution in [2.24, 2.45) is 11.3 Å². The van der Waals surface area contributed by atoms with Gasteiger partial charge in [0.2, 0.25) is 0 Å². The van der Waals surface area contributed by atoms with E-state index in [9.17, 15) is 14.7 Å². The second-order valence-corrected chi connectivity index (χ2v) is 6.94. The van der Waals surface area contributed by atoms with Crippen LogP contribution in [0.15, 0.2) is 24.3 Å². The van der Waals surface area contributed by atoms with E-state index in [4.69, 9.17) is 11.6 Å². The third kappa shape index (κ3) is 3.18. The van der Waals surface area contributed by atoms with Gasteiger partial charge in [-0.05, 0) is 63.0 Å². The molecule has 0 radical (unpaired) electrons. The molecule has 0 unspecified atom stereocenters. The van der Waals surface area contributed by atoms with Crippen LogP contribution in [0.3, 0.4) is 0 Å². The Morgan fingerprint density at radius 3 is 2.27 bits per heavy atom. The Morgan fingerprint density at radius 1 is 1.18 bits per heavy atom. The van der Waals surface area contributed by atoms with Crippen LogP contribution in [-0.4, -0.2) is 41.4 Å². The van der Waals surface area contributed by atoms with Gasteiger partial charge < -0.3 is 10.0 Å². The monoisotopic (exact) mass is 321 g/mol. The van der Waals surface area contributed by atoms with Crippen LogP contribution in [0.4, 0.5) is 0 Å². The maximum absolute atomic E-state index is 12.5. The molecule has 1 aliphatic heterocycles. The van der Waals surface area contributed by atoms with E-state index in [0.717, 1.165) is 38.8 Å². The van der Waals surface area contributed by atoms with Crippen molar-refractivity contribution in [3.05, 3.63) is 34.9 Å². The number of likely N-dealkylation sites (tertiary alicyclic amines) is 1. The summed E-state index contributed by atoms with van der Waals surface area (Å²) >= 11 is 5.85. The van der Waals surface area contributed by atoms with Gasteiger partial charge in [0.15, 0.2) is 5.78 Å². The molecule has 2 fully saturated rings. The number of hydrogen-bond donors (Lipinski definition) is 1. The number of benzene rings is 1. The molecule has 0 bridgehead atoms. The Hall–Kier alpha value is -1.39. The average Bonchev–Trinajstić information content (AvgIpc) is 3.29. The molecule has 0 amide bonds. The highest BCUT2D eigenvalue weighted by atomic mass is 35.5. The Kier molecular flexibility index (Phi) is 4.24. The quantitative estimate of drug-likeness (QED) is 0.847. The minimum Gasteiger partial charge on any atom is -0.481 e. The number of piperidine rings is 1. The molecule has 1 aliphatic carbocycles. The van der Waals surface area contributed by atoms with Gasteiger partial charge in [0.1, 0.15) is 0 Å². The molecule has 1 heterocycles. The lowest BCUT2D eigenvalue weighted by atomic mass is 9.88. The van der Waals surface area contributed by atoms with Crippen LogP contribution in [0.25, 0.3) is 0 Å². The van der Waals surface area contributed by atoms with E-state index in [1.54, 1.807) is 24.3 Å². The zero-order valence-electron chi connectivity index (χ0n) is 12.4. The summed E-state index contributed by atoms with van der Waals surface area (Å²) in [6.07, 6.45) is 3.17. The molecule has 118 valence electrons. The number of halogens is 1. The largest absolute Gasteiger partial charge is 0.481 e. The van der Waals surface area contributed by atoms with Gasteiger partial charge in [-0.3, -0.25) is 9.59 Å². The molecule has 3 rings (SSSR count). The first kappa shape index (κ1) is 15.5. The molecule has 1 saturated heterocycles. The zero-order chi connectivity index (χ0) is 15.7. The molecule has 0 spiro atoms. The molecule has 1 saturated carbocycles. The van der Waals surface area contributed by atoms with Crippen molar-refractivity contribution in [2.75, 3.05) is 19.6 Å². The maximum atomic E-state index is 12.5. The fraction of sp³-hybridized carbons (Fsp3) is 0.529. The zero-order valence-corrected chi connectivity index (χ0v) is 13.2. The van der Waals surface area contributed by atoms with Crippen molar-refractivity contribution in [1.29, 1.82) is 0 Å². The van der Waals surface area contributed by atoms with Crippen LogP contribution in [0, 0.1) is 11.3 Å². The number of hydrogen-bond acceptors (Lipinski definition) is 3. The molecule has 0 atom stereocenters. The van der Waals surface area contributed by atoms with Crippen molar-refractivity contribution in [3.63, 3.8) is 0 Å². The Labute approximate surface area is 135 Å². The van der Waals surface area contributed by atoms with Gasteiger partial charge in [-0.15, -0.1) is 0 Å². The van der Waals surface area contributed by atoms with Gasteiger partial charge in [-0.25, -0.2) is 0 Å². The van der Waals surface area contributed by atoms with Crippen LogP contribution >= 0.6 is 11.6 Å². The molecule has 1 aromatic carbocycles. The average molecular weight is 322 g/mol. The van der Waals surface area contributed by atoms with E-state index in [1.807, 2.05) is 0 Å². The highest BCUT2D eigenvalue weighted by Crippen LogP contribution is 2.46. The highest BCUT2D eigenvalue weighted by molar-refractivity contribution is 6.30. The fourth-order valence-corrected chi connectivity index (χ4v) is 3.35. The number of rotatable bonds is 5. The minimum atomic E-state index is -0.674. The molecule has 1 aromatic rings.